The van der Waals surface area contributed by atoms with Crippen LogP contribution in [0.4, 0.5) is 0 Å². The highest BCUT2D eigenvalue weighted by Gasteiger charge is 2.29. The number of rotatable bonds is 6. The number of carbonyl (C=O) groups excluding carboxylic acids is 1. The van der Waals surface area contributed by atoms with Crippen molar-refractivity contribution in [3.63, 3.8) is 0 Å². The van der Waals surface area contributed by atoms with Crippen LogP contribution >= 0.6 is 11.6 Å². The molecule has 0 aliphatic carbocycles. The SMILES string of the molecule is CNS(=O)(=O)c1ccc(Cl)c(C(=O)N2CCN(C(C)c3nc(-c4ccccc4)no3)CC2)c1. The quantitative estimate of drug-likeness (QED) is 0.567. The number of amides is 1. The molecule has 11 heteroatoms. The van der Waals surface area contributed by atoms with Crippen LogP contribution < -0.4 is 4.72 Å². The van der Waals surface area contributed by atoms with Gasteiger partial charge in [0.1, 0.15) is 0 Å². The van der Waals surface area contributed by atoms with E-state index in [1.807, 2.05) is 37.3 Å². The molecule has 33 heavy (non-hydrogen) atoms. The summed E-state index contributed by atoms with van der Waals surface area (Å²) in [4.78, 5) is 21.4. The van der Waals surface area contributed by atoms with E-state index >= 15 is 0 Å². The summed E-state index contributed by atoms with van der Waals surface area (Å²) in [5, 5.41) is 4.30. The van der Waals surface area contributed by atoms with Crippen LogP contribution in [0.1, 0.15) is 29.2 Å². The lowest BCUT2D eigenvalue weighted by atomic mass is 10.1. The zero-order valence-corrected chi connectivity index (χ0v) is 19.8. The standard InChI is InChI=1S/C22H24ClN5O4S/c1-15(21-25-20(26-32-21)16-6-4-3-5-7-16)27-10-12-28(13-11-27)22(29)18-14-17(8-9-19(18)23)33(30,31)24-2/h3-9,14-15,24H,10-13H2,1-2H3. The fourth-order valence-corrected chi connectivity index (χ4v) is 4.66. The monoisotopic (exact) mass is 489 g/mol. The molecule has 4 rings (SSSR count). The molecule has 3 aromatic rings. The van der Waals surface area contributed by atoms with E-state index in [1.165, 1.54) is 25.2 Å². The number of piperazine rings is 1. The highest BCUT2D eigenvalue weighted by molar-refractivity contribution is 7.89. The molecule has 1 fully saturated rings. The topological polar surface area (TPSA) is 109 Å². The predicted octanol–water partition coefficient (Wildman–Crippen LogP) is 2.82. The first-order valence-corrected chi connectivity index (χ1v) is 12.3. The van der Waals surface area contributed by atoms with Crippen molar-refractivity contribution in [3.8, 4) is 11.4 Å². The third-order valence-corrected chi connectivity index (χ3v) is 7.47. The van der Waals surface area contributed by atoms with Gasteiger partial charge in [0.25, 0.3) is 5.91 Å². The van der Waals surface area contributed by atoms with Gasteiger partial charge in [-0.2, -0.15) is 4.98 Å². The van der Waals surface area contributed by atoms with Crippen molar-refractivity contribution in [2.24, 2.45) is 0 Å². The van der Waals surface area contributed by atoms with Crippen molar-refractivity contribution in [2.45, 2.75) is 17.9 Å². The first-order valence-electron chi connectivity index (χ1n) is 10.5. The number of nitrogens with one attached hydrogen (secondary N) is 1. The van der Waals surface area contributed by atoms with Crippen molar-refractivity contribution < 1.29 is 17.7 Å². The molecular weight excluding hydrogens is 466 g/mol. The number of hydrogen-bond acceptors (Lipinski definition) is 7. The number of hydrogen-bond donors (Lipinski definition) is 1. The van der Waals surface area contributed by atoms with E-state index in [0.717, 1.165) is 5.56 Å². The Balaban J connectivity index is 1.42. The Kier molecular flexibility index (Phi) is 6.80. The summed E-state index contributed by atoms with van der Waals surface area (Å²) in [7, 11) is -2.36. The number of nitrogens with zero attached hydrogens (tertiary/aromatic N) is 4. The molecule has 0 radical (unpaired) electrons. The maximum Gasteiger partial charge on any atom is 0.255 e. The Morgan fingerprint density at radius 2 is 1.82 bits per heavy atom. The number of aromatic nitrogens is 2. The second-order valence-corrected chi connectivity index (χ2v) is 9.97. The van der Waals surface area contributed by atoms with Crippen LogP contribution in [0.25, 0.3) is 11.4 Å². The van der Waals surface area contributed by atoms with Gasteiger partial charge in [0.2, 0.25) is 21.7 Å². The lowest BCUT2D eigenvalue weighted by molar-refractivity contribution is 0.0551. The summed E-state index contributed by atoms with van der Waals surface area (Å²) in [6, 6.07) is 13.6. The van der Waals surface area contributed by atoms with Crippen molar-refractivity contribution in [1.82, 2.24) is 24.7 Å². The van der Waals surface area contributed by atoms with Crippen molar-refractivity contribution >= 4 is 27.5 Å². The highest BCUT2D eigenvalue weighted by Crippen LogP contribution is 2.26. The normalized spacial score (nSPS) is 16.0. The maximum absolute atomic E-state index is 13.1. The van der Waals surface area contributed by atoms with E-state index in [0.29, 0.717) is 37.9 Å². The molecule has 1 unspecified atom stereocenters. The average Bonchev–Trinajstić information content (AvgIpc) is 3.34. The largest absolute Gasteiger partial charge is 0.337 e. The summed E-state index contributed by atoms with van der Waals surface area (Å²) < 4.78 is 31.9. The molecule has 0 spiro atoms. The summed E-state index contributed by atoms with van der Waals surface area (Å²) in [5.41, 5.74) is 1.05. The van der Waals surface area contributed by atoms with Crippen LogP contribution in [0.2, 0.25) is 5.02 Å². The van der Waals surface area contributed by atoms with Crippen LogP contribution in [-0.2, 0) is 10.0 Å². The zero-order valence-electron chi connectivity index (χ0n) is 18.2. The number of sulfonamides is 1. The second-order valence-electron chi connectivity index (χ2n) is 7.68. The Bertz CT molecular complexity index is 1240. The number of benzene rings is 2. The minimum atomic E-state index is -3.68. The van der Waals surface area contributed by atoms with E-state index in [2.05, 4.69) is 19.8 Å². The number of carbonyl (C=O) groups is 1. The molecule has 174 valence electrons. The van der Waals surface area contributed by atoms with Crippen LogP contribution in [-0.4, -0.2) is 67.5 Å². The van der Waals surface area contributed by atoms with Crippen molar-refractivity contribution in [3.05, 3.63) is 65.0 Å². The predicted molar refractivity (Wildman–Crippen MR) is 123 cm³/mol. The molecule has 2 aromatic carbocycles. The number of halogens is 1. The van der Waals surface area contributed by atoms with E-state index in [4.69, 9.17) is 16.1 Å². The molecule has 0 saturated carbocycles. The van der Waals surface area contributed by atoms with Crippen molar-refractivity contribution in [1.29, 1.82) is 0 Å². The summed E-state index contributed by atoms with van der Waals surface area (Å²) in [6.45, 7) is 4.11. The molecule has 9 nitrogen and oxygen atoms in total. The van der Waals surface area contributed by atoms with Gasteiger partial charge < -0.3 is 9.42 Å². The molecule has 1 atom stereocenters. The zero-order chi connectivity index (χ0) is 23.6. The van der Waals surface area contributed by atoms with E-state index in [1.54, 1.807) is 4.90 Å². The molecule has 1 aromatic heterocycles. The van der Waals surface area contributed by atoms with Gasteiger partial charge in [-0.05, 0) is 32.2 Å². The third kappa shape index (κ3) is 4.93. The molecule has 0 bridgehead atoms. The molecule has 1 aliphatic rings. The molecule has 1 N–H and O–H groups in total. The lowest BCUT2D eigenvalue weighted by Crippen LogP contribution is -2.49. The Labute approximate surface area is 197 Å². The van der Waals surface area contributed by atoms with Gasteiger partial charge in [0.05, 0.1) is 21.5 Å². The molecule has 1 saturated heterocycles. The lowest BCUT2D eigenvalue weighted by Gasteiger charge is -2.37. The maximum atomic E-state index is 13.1. The first-order chi connectivity index (χ1) is 15.8. The van der Waals surface area contributed by atoms with E-state index < -0.39 is 10.0 Å². The Hall–Kier alpha value is -2.79. The van der Waals surface area contributed by atoms with Gasteiger partial charge >= 0.3 is 0 Å². The van der Waals surface area contributed by atoms with Gasteiger partial charge in [-0.15, -0.1) is 0 Å². The van der Waals surface area contributed by atoms with Crippen LogP contribution in [0.15, 0.2) is 57.9 Å². The molecular formula is C22H24ClN5O4S. The minimum absolute atomic E-state index is 0.00405. The molecule has 2 heterocycles. The van der Waals surface area contributed by atoms with Gasteiger partial charge in [-0.1, -0.05) is 47.1 Å². The summed E-state index contributed by atoms with van der Waals surface area (Å²) in [5.74, 6) is 0.753. The summed E-state index contributed by atoms with van der Waals surface area (Å²) >= 11 is 6.21. The second kappa shape index (κ2) is 9.60. The van der Waals surface area contributed by atoms with Gasteiger partial charge in [0, 0.05) is 31.7 Å². The van der Waals surface area contributed by atoms with Crippen molar-refractivity contribution in [2.75, 3.05) is 33.2 Å². The summed E-state index contributed by atoms with van der Waals surface area (Å²) in [6.07, 6.45) is 0. The molecule has 1 amide bonds. The van der Waals surface area contributed by atoms with Crippen LogP contribution in [0.5, 0.6) is 0 Å². The Morgan fingerprint density at radius 1 is 1.12 bits per heavy atom. The van der Waals surface area contributed by atoms with Crippen LogP contribution in [0, 0.1) is 0 Å². The van der Waals surface area contributed by atoms with Crippen LogP contribution in [0.3, 0.4) is 0 Å². The van der Waals surface area contributed by atoms with Gasteiger partial charge in [0.15, 0.2) is 0 Å². The minimum Gasteiger partial charge on any atom is -0.337 e. The first kappa shape index (κ1) is 23.4. The Morgan fingerprint density at radius 3 is 2.48 bits per heavy atom. The van der Waals surface area contributed by atoms with E-state index in [-0.39, 0.29) is 27.4 Å². The third-order valence-electron chi connectivity index (χ3n) is 5.73. The van der Waals surface area contributed by atoms with Gasteiger partial charge in [-0.25, -0.2) is 13.1 Å². The smallest absolute Gasteiger partial charge is 0.255 e. The van der Waals surface area contributed by atoms with E-state index in [9.17, 15) is 13.2 Å². The molecule has 1 aliphatic heterocycles. The fraction of sp³-hybridized carbons (Fsp3) is 0.318. The fourth-order valence-electron chi connectivity index (χ4n) is 3.70. The van der Waals surface area contributed by atoms with Gasteiger partial charge in [-0.3, -0.25) is 9.69 Å². The highest BCUT2D eigenvalue weighted by atomic mass is 35.5. The average molecular weight is 490 g/mol.